The summed E-state index contributed by atoms with van der Waals surface area (Å²) in [6.07, 6.45) is 3.10. The van der Waals surface area contributed by atoms with Crippen molar-refractivity contribution in [2.45, 2.75) is 19.3 Å². The minimum absolute atomic E-state index is 0.0661. The molecule has 5 rings (SSSR count). The average molecular weight is 439 g/mol. The fraction of sp³-hybridized carbons (Fsp3) is 0.136. The fourth-order valence-corrected chi connectivity index (χ4v) is 4.34. The summed E-state index contributed by atoms with van der Waals surface area (Å²) in [5.41, 5.74) is 2.68. The molecule has 4 aromatic rings. The van der Waals surface area contributed by atoms with Gasteiger partial charge in [0.1, 0.15) is 5.75 Å². The molecule has 2 aromatic heterocycles. The first-order chi connectivity index (χ1) is 15.0. The van der Waals surface area contributed by atoms with Gasteiger partial charge in [-0.2, -0.15) is 4.68 Å². The number of carbonyl (C=O) groups excluding carboxylic acids is 1. The van der Waals surface area contributed by atoms with Gasteiger partial charge < -0.3 is 4.74 Å². The number of thiazole rings is 1. The van der Waals surface area contributed by atoms with Crippen LogP contribution in [0.4, 0.5) is 8.78 Å². The Labute approximate surface area is 178 Å². The number of benzene rings is 2. The van der Waals surface area contributed by atoms with Crippen LogP contribution in [0.3, 0.4) is 0 Å². The molecule has 156 valence electrons. The van der Waals surface area contributed by atoms with Crippen LogP contribution in [0.5, 0.6) is 5.75 Å². The number of hydrogen-bond acceptors (Lipinski definition) is 5. The number of esters is 1. The fourth-order valence-electron chi connectivity index (χ4n) is 3.58. The van der Waals surface area contributed by atoms with E-state index in [0.717, 1.165) is 47.4 Å². The van der Waals surface area contributed by atoms with E-state index < -0.39 is 23.2 Å². The van der Waals surface area contributed by atoms with Crippen LogP contribution in [0.1, 0.15) is 28.0 Å². The second-order valence-electron chi connectivity index (χ2n) is 7.16. The molecule has 0 saturated carbocycles. The van der Waals surface area contributed by atoms with Gasteiger partial charge in [-0.05, 0) is 60.7 Å². The van der Waals surface area contributed by atoms with E-state index in [1.807, 2.05) is 12.1 Å². The highest BCUT2D eigenvalue weighted by Gasteiger charge is 2.18. The Balaban J connectivity index is 1.38. The van der Waals surface area contributed by atoms with Crippen molar-refractivity contribution in [1.29, 1.82) is 0 Å². The van der Waals surface area contributed by atoms with Gasteiger partial charge in [0.2, 0.25) is 5.13 Å². The number of rotatable bonds is 4. The molecule has 31 heavy (non-hydrogen) atoms. The molecular weight excluding hydrogens is 424 g/mol. The third-order valence-corrected chi connectivity index (χ3v) is 5.95. The molecule has 1 aliphatic carbocycles. The van der Waals surface area contributed by atoms with Gasteiger partial charge in [-0.3, -0.25) is 9.89 Å². The van der Waals surface area contributed by atoms with Crippen LogP contribution in [-0.4, -0.2) is 20.7 Å². The molecule has 0 radical (unpaired) electrons. The molecule has 2 heterocycles. The zero-order chi connectivity index (χ0) is 21.5. The number of fused-ring (bicyclic) bond motifs is 1. The van der Waals surface area contributed by atoms with Crippen LogP contribution < -0.4 is 10.3 Å². The molecule has 1 N–H and O–H groups in total. The van der Waals surface area contributed by atoms with E-state index in [9.17, 15) is 18.4 Å². The summed E-state index contributed by atoms with van der Waals surface area (Å²) in [5.74, 6) is -2.16. The monoisotopic (exact) mass is 439 g/mol. The topological polar surface area (TPSA) is 77.0 Å². The lowest BCUT2D eigenvalue weighted by molar-refractivity contribution is 0.0729. The van der Waals surface area contributed by atoms with E-state index in [2.05, 4.69) is 10.1 Å². The van der Waals surface area contributed by atoms with Crippen LogP contribution in [0.2, 0.25) is 0 Å². The van der Waals surface area contributed by atoms with Crippen molar-refractivity contribution in [2.75, 3.05) is 0 Å². The van der Waals surface area contributed by atoms with Gasteiger partial charge in [0, 0.05) is 17.0 Å². The summed E-state index contributed by atoms with van der Waals surface area (Å²) in [6.45, 7) is 0. The molecule has 0 atom stereocenters. The van der Waals surface area contributed by atoms with Crippen molar-refractivity contribution < 1.29 is 18.3 Å². The second kappa shape index (κ2) is 7.59. The number of nitrogens with one attached hydrogen (secondary N) is 1. The lowest BCUT2D eigenvalue weighted by atomic mass is 10.1. The Bertz CT molecular complexity index is 1370. The summed E-state index contributed by atoms with van der Waals surface area (Å²) in [4.78, 5) is 29.0. The van der Waals surface area contributed by atoms with Crippen molar-refractivity contribution in [2.24, 2.45) is 0 Å². The first-order valence-electron chi connectivity index (χ1n) is 9.55. The normalized spacial score (nSPS) is 12.7. The van der Waals surface area contributed by atoms with Crippen LogP contribution in [0.25, 0.3) is 16.4 Å². The summed E-state index contributed by atoms with van der Waals surface area (Å²) in [5, 5.41) is 4.52. The SMILES string of the molecule is O=C(Oc1ccc2c(c1)CCC2)c1csc(-n2[nH]c(-c3ccc(F)c(F)c3)cc2=O)n1. The number of ether oxygens (including phenoxy) is 1. The van der Waals surface area contributed by atoms with Gasteiger partial charge in [0.25, 0.3) is 5.56 Å². The van der Waals surface area contributed by atoms with E-state index in [1.165, 1.54) is 28.6 Å². The average Bonchev–Trinajstić information content (AvgIpc) is 3.48. The van der Waals surface area contributed by atoms with Crippen LogP contribution in [0, 0.1) is 11.6 Å². The number of hydrogen-bond donors (Lipinski definition) is 1. The zero-order valence-electron chi connectivity index (χ0n) is 16.0. The van der Waals surface area contributed by atoms with E-state index in [-0.39, 0.29) is 10.8 Å². The predicted molar refractivity (Wildman–Crippen MR) is 111 cm³/mol. The van der Waals surface area contributed by atoms with E-state index in [1.54, 1.807) is 6.07 Å². The van der Waals surface area contributed by atoms with Crippen molar-refractivity contribution in [3.8, 4) is 22.1 Å². The van der Waals surface area contributed by atoms with Crippen LogP contribution in [0.15, 0.2) is 52.6 Å². The Morgan fingerprint density at radius 3 is 2.74 bits per heavy atom. The smallest absolute Gasteiger partial charge is 0.363 e. The highest BCUT2D eigenvalue weighted by atomic mass is 32.1. The molecule has 0 fully saturated rings. The predicted octanol–water partition coefficient (Wildman–Crippen LogP) is 4.28. The van der Waals surface area contributed by atoms with Gasteiger partial charge in [0.05, 0.1) is 5.69 Å². The number of halogens is 2. The van der Waals surface area contributed by atoms with Crippen molar-refractivity contribution in [1.82, 2.24) is 14.8 Å². The first kappa shape index (κ1) is 19.4. The molecule has 0 unspecified atom stereocenters. The maximum absolute atomic E-state index is 13.5. The number of aromatic amines is 1. The maximum Gasteiger partial charge on any atom is 0.363 e. The van der Waals surface area contributed by atoms with Crippen molar-refractivity contribution in [3.05, 3.63) is 86.7 Å². The lowest BCUT2D eigenvalue weighted by Gasteiger charge is -2.05. The minimum atomic E-state index is -1.02. The van der Waals surface area contributed by atoms with E-state index in [4.69, 9.17) is 4.74 Å². The summed E-state index contributed by atoms with van der Waals surface area (Å²) in [7, 11) is 0. The van der Waals surface area contributed by atoms with Gasteiger partial charge >= 0.3 is 5.97 Å². The molecular formula is C22H15F2N3O3S. The molecule has 1 aliphatic rings. The van der Waals surface area contributed by atoms with Crippen molar-refractivity contribution >= 4 is 17.3 Å². The molecule has 9 heteroatoms. The van der Waals surface area contributed by atoms with Crippen LogP contribution in [-0.2, 0) is 12.8 Å². The van der Waals surface area contributed by atoms with Gasteiger partial charge in [-0.1, -0.05) is 6.07 Å². The van der Waals surface area contributed by atoms with Crippen molar-refractivity contribution in [3.63, 3.8) is 0 Å². The number of carbonyl (C=O) groups is 1. The van der Waals surface area contributed by atoms with Gasteiger partial charge in [-0.15, -0.1) is 11.3 Å². The number of nitrogens with zero attached hydrogens (tertiary/aromatic N) is 2. The highest BCUT2D eigenvalue weighted by Crippen LogP contribution is 2.27. The molecule has 0 saturated heterocycles. The molecule has 0 amide bonds. The minimum Gasteiger partial charge on any atom is -0.422 e. The molecule has 6 nitrogen and oxygen atoms in total. The molecule has 2 aromatic carbocycles. The Kier molecular flexibility index (Phi) is 4.74. The van der Waals surface area contributed by atoms with Crippen LogP contribution >= 0.6 is 11.3 Å². The summed E-state index contributed by atoms with van der Waals surface area (Å²) < 4.78 is 33.2. The quantitative estimate of drug-likeness (QED) is 0.381. The zero-order valence-corrected chi connectivity index (χ0v) is 16.8. The first-order valence-corrected chi connectivity index (χ1v) is 10.4. The maximum atomic E-state index is 13.5. The standard InChI is InChI=1S/C22H15F2N3O3S/c23-16-7-5-14(9-17(16)24)18-10-20(28)27(26-18)22-25-19(11-31-22)21(29)30-15-6-4-12-2-1-3-13(12)8-15/h4-11,26H,1-3H2. The Morgan fingerprint density at radius 2 is 1.90 bits per heavy atom. The summed E-state index contributed by atoms with van der Waals surface area (Å²) in [6, 6.07) is 10.2. The van der Waals surface area contributed by atoms with E-state index >= 15 is 0 Å². The highest BCUT2D eigenvalue weighted by molar-refractivity contribution is 7.12. The Morgan fingerprint density at radius 1 is 1.06 bits per heavy atom. The second-order valence-corrected chi connectivity index (χ2v) is 8.00. The molecule has 0 spiro atoms. The third kappa shape index (κ3) is 3.68. The lowest BCUT2D eigenvalue weighted by Crippen LogP contribution is -2.14. The largest absolute Gasteiger partial charge is 0.422 e. The third-order valence-electron chi connectivity index (χ3n) is 5.12. The number of aryl methyl sites for hydroxylation is 2. The summed E-state index contributed by atoms with van der Waals surface area (Å²) >= 11 is 1.08. The number of aromatic nitrogens is 3. The van der Waals surface area contributed by atoms with Gasteiger partial charge in [0.15, 0.2) is 17.3 Å². The van der Waals surface area contributed by atoms with Gasteiger partial charge in [-0.25, -0.2) is 18.6 Å². The molecule has 0 aliphatic heterocycles. The Hall–Kier alpha value is -3.59. The van der Waals surface area contributed by atoms with E-state index in [0.29, 0.717) is 17.0 Å². The molecule has 0 bridgehead atoms. The number of H-pyrrole nitrogens is 1.